The molecule has 0 amide bonds. The molecule has 0 saturated carbocycles. The van der Waals surface area contributed by atoms with Crippen LogP contribution in [0.3, 0.4) is 0 Å². The van der Waals surface area contributed by atoms with Gasteiger partial charge in [0.2, 0.25) is 0 Å². The summed E-state index contributed by atoms with van der Waals surface area (Å²) in [4.78, 5) is 16.5. The zero-order chi connectivity index (χ0) is 20.1. The predicted octanol–water partition coefficient (Wildman–Crippen LogP) is 3.28. The molecule has 2 aliphatic heterocycles. The van der Waals surface area contributed by atoms with Gasteiger partial charge < -0.3 is 10.3 Å². The Morgan fingerprint density at radius 3 is 2.52 bits per heavy atom. The number of hydrogen-bond donors (Lipinski definition) is 2. The second-order valence-corrected chi connectivity index (χ2v) is 7.28. The molecule has 0 radical (unpaired) electrons. The van der Waals surface area contributed by atoms with Crippen LogP contribution in [0.5, 0.6) is 0 Å². The van der Waals surface area contributed by atoms with E-state index in [1.165, 1.54) is 0 Å². The van der Waals surface area contributed by atoms with Crippen molar-refractivity contribution in [3.05, 3.63) is 95.8 Å². The van der Waals surface area contributed by atoms with Gasteiger partial charge in [0.1, 0.15) is 0 Å². The van der Waals surface area contributed by atoms with E-state index in [4.69, 9.17) is 5.73 Å². The third-order valence-corrected chi connectivity index (χ3v) is 5.07. The Labute approximate surface area is 178 Å². The van der Waals surface area contributed by atoms with Crippen molar-refractivity contribution < 1.29 is 17.9 Å². The predicted molar refractivity (Wildman–Crippen MR) is 116 cm³/mol. The molecule has 0 fully saturated rings. The van der Waals surface area contributed by atoms with E-state index < -0.39 is 0 Å². The van der Waals surface area contributed by atoms with Crippen molar-refractivity contribution in [1.29, 1.82) is 0 Å². The fourth-order valence-electron chi connectivity index (χ4n) is 2.81. The Morgan fingerprint density at radius 2 is 1.76 bits per heavy atom. The molecule has 7 heteroatoms. The van der Waals surface area contributed by atoms with E-state index in [0.717, 1.165) is 52.1 Å². The Balaban J connectivity index is 1.44. The topological polar surface area (TPSA) is 84.3 Å². The van der Waals surface area contributed by atoms with Crippen molar-refractivity contribution in [3.8, 4) is 0 Å². The Morgan fingerprint density at radius 1 is 1.00 bits per heavy atom. The Kier molecular flexibility index (Phi) is 5.68. The number of allylic oxidation sites excluding steroid dienone is 6. The van der Waals surface area contributed by atoms with Crippen LogP contribution in [0.2, 0.25) is 0 Å². The summed E-state index contributed by atoms with van der Waals surface area (Å²) < 4.78 is 3.94. The fourth-order valence-corrected chi connectivity index (χ4v) is 3.29. The van der Waals surface area contributed by atoms with Crippen LogP contribution in [-0.4, -0.2) is 30.6 Å². The van der Waals surface area contributed by atoms with Crippen LogP contribution in [-0.2, 0) is 17.9 Å². The summed E-state index contributed by atoms with van der Waals surface area (Å²) in [6.07, 6.45) is 22.8. The molecule has 2 aliphatic rings. The molecule has 2 aromatic rings. The normalized spacial score (nSPS) is 19.0. The minimum absolute atomic E-state index is 0.642. The van der Waals surface area contributed by atoms with Gasteiger partial charge in [0.05, 0.1) is 6.33 Å². The number of H-pyrrole nitrogens is 1. The van der Waals surface area contributed by atoms with Crippen LogP contribution in [0.25, 0.3) is 18.4 Å². The van der Waals surface area contributed by atoms with Gasteiger partial charge in [0.15, 0.2) is 0 Å². The number of rotatable bonds is 6. The quantitative estimate of drug-likeness (QED) is 0.543. The van der Waals surface area contributed by atoms with Gasteiger partial charge in [-0.2, -0.15) is 0 Å². The molecule has 0 atom stereocenters. The first-order valence-electron chi connectivity index (χ1n) is 9.09. The van der Waals surface area contributed by atoms with E-state index in [1.54, 1.807) is 12.5 Å². The zero-order valence-electron chi connectivity index (χ0n) is 15.7. The van der Waals surface area contributed by atoms with Crippen LogP contribution in [0, 0.1) is 0 Å². The van der Waals surface area contributed by atoms with Crippen molar-refractivity contribution in [2.75, 3.05) is 0 Å². The molecule has 2 aromatic heterocycles. The van der Waals surface area contributed by atoms with E-state index in [-0.39, 0.29) is 0 Å². The fraction of sp³-hybridized carbons (Fsp3) is 0. The summed E-state index contributed by atoms with van der Waals surface area (Å²) in [5.74, 6) is 0. The summed E-state index contributed by atoms with van der Waals surface area (Å²) >= 11 is 1.10. The standard InChI is InChI=1S/C22H18N6.Zn/c1-16-2-3-19(25-16)13-20-6-7-22(27-20)14-21-5-4-18(26-21)12-17(23)8-10-28-11-9-24-15-28;/h1-15,26H,23H2;. The van der Waals surface area contributed by atoms with Gasteiger partial charge in [0, 0.05) is 24.3 Å². The number of nitrogens with two attached hydrogens (primary N) is 1. The zero-order valence-corrected chi connectivity index (χ0v) is 18.7. The Bertz CT molecular complexity index is 1160. The van der Waals surface area contributed by atoms with Crippen LogP contribution < -0.4 is 5.73 Å². The van der Waals surface area contributed by atoms with E-state index in [2.05, 4.69) is 24.6 Å². The van der Waals surface area contributed by atoms with Crippen molar-refractivity contribution in [1.82, 2.24) is 14.5 Å². The van der Waals surface area contributed by atoms with E-state index >= 15 is 0 Å². The first-order valence-corrected chi connectivity index (χ1v) is 10.8. The molecule has 0 spiro atoms. The van der Waals surface area contributed by atoms with E-state index in [1.807, 2.05) is 77.7 Å². The van der Waals surface area contributed by atoms with Gasteiger partial charge in [-0.25, -0.2) is 4.98 Å². The average Bonchev–Trinajstić information content (AvgIpc) is 3.50. The summed E-state index contributed by atoms with van der Waals surface area (Å²) in [5.41, 5.74) is 12.3. The van der Waals surface area contributed by atoms with E-state index in [0.29, 0.717) is 5.70 Å². The number of hydrogen-bond acceptors (Lipinski definition) is 4. The molecule has 3 N–H and O–H groups in total. The first kappa shape index (κ1) is 18.9. The Hall–Kier alpha value is -3.44. The molecule has 0 aromatic carbocycles. The van der Waals surface area contributed by atoms with Crippen molar-refractivity contribution in [3.63, 3.8) is 0 Å². The second-order valence-electron chi connectivity index (χ2n) is 6.42. The van der Waals surface area contributed by atoms with Gasteiger partial charge in [-0.05, 0) is 12.2 Å². The van der Waals surface area contributed by atoms with Gasteiger partial charge >= 0.3 is 120 Å². The number of nitrogens with one attached hydrogen (secondary N) is 1. The molecule has 0 unspecified atom stereocenters. The van der Waals surface area contributed by atoms with Crippen molar-refractivity contribution in [2.24, 2.45) is 15.7 Å². The molecular weight excluding hydrogens is 414 g/mol. The molecule has 0 saturated heterocycles. The third kappa shape index (κ3) is 5.09. The van der Waals surface area contributed by atoms with Gasteiger partial charge in [-0.1, -0.05) is 0 Å². The third-order valence-electron chi connectivity index (χ3n) is 4.19. The van der Waals surface area contributed by atoms with Crippen molar-refractivity contribution >= 4 is 34.4 Å². The molecule has 138 valence electrons. The summed E-state index contributed by atoms with van der Waals surface area (Å²) in [5, 5.41) is 0. The number of aromatic amines is 1. The van der Waals surface area contributed by atoms with Crippen LogP contribution in [0.4, 0.5) is 0 Å². The molecular formula is C22H18N6Zn. The molecule has 6 nitrogen and oxygen atoms in total. The second kappa shape index (κ2) is 8.71. The number of aliphatic imine (C=N–C) groups is 2. The van der Waals surface area contributed by atoms with E-state index in [9.17, 15) is 0 Å². The summed E-state index contributed by atoms with van der Waals surface area (Å²) in [6, 6.07) is 3.99. The van der Waals surface area contributed by atoms with Gasteiger partial charge in [0.25, 0.3) is 0 Å². The molecule has 4 heterocycles. The molecule has 29 heavy (non-hydrogen) atoms. The van der Waals surface area contributed by atoms with Gasteiger partial charge in [-0.15, -0.1) is 0 Å². The number of imidazole rings is 1. The monoisotopic (exact) mass is 430 g/mol. The molecule has 0 bridgehead atoms. The van der Waals surface area contributed by atoms with Crippen LogP contribution >= 0.6 is 0 Å². The summed E-state index contributed by atoms with van der Waals surface area (Å²) in [6.45, 7) is 0. The number of aromatic nitrogens is 3. The maximum atomic E-state index is 6.06. The molecule has 4 rings (SSSR count). The van der Waals surface area contributed by atoms with Crippen LogP contribution in [0.15, 0.2) is 94.4 Å². The number of nitrogens with zero attached hydrogens (tertiary/aromatic N) is 4. The van der Waals surface area contributed by atoms with Crippen LogP contribution in [0.1, 0.15) is 11.4 Å². The summed E-state index contributed by atoms with van der Waals surface area (Å²) in [7, 11) is 0. The van der Waals surface area contributed by atoms with Gasteiger partial charge in [-0.3, -0.25) is 0 Å². The first-order chi connectivity index (χ1) is 14.2. The van der Waals surface area contributed by atoms with Crippen molar-refractivity contribution in [2.45, 2.75) is 0 Å². The average molecular weight is 432 g/mol. The minimum atomic E-state index is 0.642. The SMILES string of the molecule is NC(C=Cn1ccnc1)=Cc1ccc(C=C2C=CC(C=C3C=CC([CH]=[Zn])=N3)=N2)[nH]1. The molecule has 0 aliphatic carbocycles. The maximum absolute atomic E-state index is 6.06.